The molecule has 0 aromatic heterocycles. The Morgan fingerprint density at radius 3 is 2.67 bits per heavy atom. The molecule has 6 heteroatoms. The molecule has 3 aliphatic rings. The van der Waals surface area contributed by atoms with Gasteiger partial charge in [0.15, 0.2) is 6.61 Å². The van der Waals surface area contributed by atoms with E-state index >= 15 is 0 Å². The number of carbonyl (C=O) groups excluding carboxylic acids is 3. The van der Waals surface area contributed by atoms with Gasteiger partial charge >= 0.3 is 5.97 Å². The highest BCUT2D eigenvalue weighted by molar-refractivity contribution is 5.88. The zero-order valence-electron chi connectivity index (χ0n) is 14.6. The molecule has 3 fully saturated rings. The van der Waals surface area contributed by atoms with Crippen molar-refractivity contribution < 1.29 is 19.1 Å². The Labute approximate surface area is 143 Å². The molecule has 0 unspecified atom stereocenters. The fourth-order valence-corrected chi connectivity index (χ4v) is 3.96. The van der Waals surface area contributed by atoms with Crippen LogP contribution in [0, 0.1) is 17.8 Å². The Morgan fingerprint density at radius 2 is 1.96 bits per heavy atom. The molecular weight excluding hydrogens is 308 g/mol. The number of nitrogens with zero attached hydrogens (tertiary/aromatic N) is 1. The van der Waals surface area contributed by atoms with Crippen molar-refractivity contribution in [1.29, 1.82) is 0 Å². The molecule has 6 nitrogen and oxygen atoms in total. The minimum Gasteiger partial charge on any atom is -0.455 e. The molecule has 1 heterocycles. The maximum atomic E-state index is 12.4. The minimum absolute atomic E-state index is 0.0466. The molecule has 0 aromatic rings. The SMILES string of the molecule is C[C@@H]1[C@H](C)CCC[C@@H]1N1C[C@H](C(=O)OCC(=O)NC2CC2)CC1=O. The Morgan fingerprint density at radius 1 is 1.21 bits per heavy atom. The van der Waals surface area contributed by atoms with E-state index in [1.807, 2.05) is 4.90 Å². The van der Waals surface area contributed by atoms with Crippen molar-refractivity contribution in [2.45, 2.75) is 64.5 Å². The summed E-state index contributed by atoms with van der Waals surface area (Å²) in [6, 6.07) is 0.492. The monoisotopic (exact) mass is 336 g/mol. The Kier molecular flexibility index (Phi) is 5.11. The van der Waals surface area contributed by atoms with Gasteiger partial charge in [-0.2, -0.15) is 0 Å². The molecule has 2 amide bonds. The van der Waals surface area contributed by atoms with E-state index in [1.54, 1.807) is 0 Å². The number of amides is 2. The van der Waals surface area contributed by atoms with Crippen LogP contribution in [0.15, 0.2) is 0 Å². The van der Waals surface area contributed by atoms with Crippen molar-refractivity contribution in [3.8, 4) is 0 Å². The van der Waals surface area contributed by atoms with Gasteiger partial charge in [0, 0.05) is 25.0 Å². The third kappa shape index (κ3) is 3.90. The lowest BCUT2D eigenvalue weighted by Gasteiger charge is -2.39. The maximum Gasteiger partial charge on any atom is 0.311 e. The van der Waals surface area contributed by atoms with E-state index in [2.05, 4.69) is 19.2 Å². The average molecular weight is 336 g/mol. The van der Waals surface area contributed by atoms with Crippen LogP contribution in [0.4, 0.5) is 0 Å². The highest BCUT2D eigenvalue weighted by Crippen LogP contribution is 2.35. The second-order valence-corrected chi connectivity index (χ2v) is 7.73. The fourth-order valence-electron chi connectivity index (χ4n) is 3.96. The minimum atomic E-state index is -0.435. The molecule has 0 bridgehead atoms. The van der Waals surface area contributed by atoms with E-state index in [1.165, 1.54) is 6.42 Å². The average Bonchev–Trinajstić information content (AvgIpc) is 3.27. The zero-order chi connectivity index (χ0) is 17.3. The first-order valence-corrected chi connectivity index (χ1v) is 9.21. The van der Waals surface area contributed by atoms with Crippen LogP contribution >= 0.6 is 0 Å². The van der Waals surface area contributed by atoms with Gasteiger partial charge in [-0.1, -0.05) is 26.7 Å². The van der Waals surface area contributed by atoms with Crippen LogP contribution in [0.3, 0.4) is 0 Å². The summed E-state index contributed by atoms with van der Waals surface area (Å²) < 4.78 is 5.12. The van der Waals surface area contributed by atoms with Crippen LogP contribution in [0.5, 0.6) is 0 Å². The van der Waals surface area contributed by atoms with E-state index in [0.717, 1.165) is 25.7 Å². The molecule has 2 aliphatic carbocycles. The predicted octanol–water partition coefficient (Wildman–Crippen LogP) is 1.48. The molecular formula is C18H28N2O4. The molecule has 1 N–H and O–H groups in total. The number of ether oxygens (including phenoxy) is 1. The molecule has 2 saturated carbocycles. The van der Waals surface area contributed by atoms with Crippen molar-refractivity contribution in [2.24, 2.45) is 17.8 Å². The topological polar surface area (TPSA) is 75.7 Å². The largest absolute Gasteiger partial charge is 0.455 e. The second kappa shape index (κ2) is 7.11. The van der Waals surface area contributed by atoms with Gasteiger partial charge < -0.3 is 15.0 Å². The van der Waals surface area contributed by atoms with Crippen LogP contribution in [-0.2, 0) is 19.1 Å². The Bertz CT molecular complexity index is 517. The van der Waals surface area contributed by atoms with Gasteiger partial charge in [0.25, 0.3) is 5.91 Å². The number of nitrogens with one attached hydrogen (secondary N) is 1. The van der Waals surface area contributed by atoms with Crippen molar-refractivity contribution in [3.63, 3.8) is 0 Å². The summed E-state index contributed by atoms with van der Waals surface area (Å²) in [6.45, 7) is 4.64. The Hall–Kier alpha value is -1.59. The highest BCUT2D eigenvalue weighted by Gasteiger charge is 2.42. The summed E-state index contributed by atoms with van der Waals surface area (Å²) in [5, 5.41) is 2.79. The number of rotatable bonds is 5. The summed E-state index contributed by atoms with van der Waals surface area (Å²) in [5.41, 5.74) is 0. The van der Waals surface area contributed by atoms with Gasteiger partial charge in [-0.3, -0.25) is 14.4 Å². The number of likely N-dealkylation sites (tertiary alicyclic amines) is 1. The van der Waals surface area contributed by atoms with Crippen molar-refractivity contribution >= 4 is 17.8 Å². The van der Waals surface area contributed by atoms with Gasteiger partial charge in [-0.05, 0) is 31.1 Å². The van der Waals surface area contributed by atoms with Gasteiger partial charge in [0.1, 0.15) is 0 Å². The first kappa shape index (κ1) is 17.2. The standard InChI is InChI=1S/C18H28N2O4/c1-11-4-3-5-15(12(11)2)20-9-13(8-17(20)22)18(23)24-10-16(21)19-14-6-7-14/h11-15H,3-10H2,1-2H3,(H,19,21)/t11-,12-,13-,15+/m1/s1. The number of esters is 1. The van der Waals surface area contributed by atoms with Crippen LogP contribution in [0.2, 0.25) is 0 Å². The van der Waals surface area contributed by atoms with Gasteiger partial charge in [0.05, 0.1) is 5.92 Å². The van der Waals surface area contributed by atoms with Crippen molar-refractivity contribution in [2.75, 3.05) is 13.2 Å². The molecule has 3 rings (SSSR count). The zero-order valence-corrected chi connectivity index (χ0v) is 14.6. The van der Waals surface area contributed by atoms with E-state index in [0.29, 0.717) is 18.4 Å². The molecule has 0 radical (unpaired) electrons. The van der Waals surface area contributed by atoms with E-state index < -0.39 is 11.9 Å². The second-order valence-electron chi connectivity index (χ2n) is 7.73. The number of hydrogen-bond donors (Lipinski definition) is 1. The quantitative estimate of drug-likeness (QED) is 0.772. The van der Waals surface area contributed by atoms with Crippen LogP contribution in [0.1, 0.15) is 52.4 Å². The summed E-state index contributed by atoms with van der Waals surface area (Å²) >= 11 is 0. The van der Waals surface area contributed by atoms with Crippen LogP contribution in [0.25, 0.3) is 0 Å². The van der Waals surface area contributed by atoms with Gasteiger partial charge in [-0.15, -0.1) is 0 Å². The van der Waals surface area contributed by atoms with Crippen molar-refractivity contribution in [1.82, 2.24) is 10.2 Å². The third-order valence-electron chi connectivity index (χ3n) is 5.84. The molecule has 0 spiro atoms. The fraction of sp³-hybridized carbons (Fsp3) is 0.833. The number of carbonyl (C=O) groups is 3. The van der Waals surface area contributed by atoms with E-state index in [9.17, 15) is 14.4 Å². The molecule has 24 heavy (non-hydrogen) atoms. The van der Waals surface area contributed by atoms with E-state index in [4.69, 9.17) is 4.74 Å². The molecule has 0 aromatic carbocycles. The van der Waals surface area contributed by atoms with Crippen molar-refractivity contribution in [3.05, 3.63) is 0 Å². The normalized spacial score (nSPS) is 33.4. The molecule has 4 atom stereocenters. The summed E-state index contributed by atoms with van der Waals surface area (Å²) in [5.74, 6) is 0.00603. The Balaban J connectivity index is 1.49. The summed E-state index contributed by atoms with van der Waals surface area (Å²) in [4.78, 5) is 38.0. The summed E-state index contributed by atoms with van der Waals surface area (Å²) in [7, 11) is 0. The lowest BCUT2D eigenvalue weighted by atomic mass is 9.77. The van der Waals surface area contributed by atoms with Crippen LogP contribution in [-0.4, -0.2) is 47.9 Å². The first-order chi connectivity index (χ1) is 11.5. The maximum absolute atomic E-state index is 12.4. The van der Waals surface area contributed by atoms with Crippen LogP contribution < -0.4 is 5.32 Å². The molecule has 1 aliphatic heterocycles. The van der Waals surface area contributed by atoms with Gasteiger partial charge in [-0.25, -0.2) is 0 Å². The third-order valence-corrected chi connectivity index (χ3v) is 5.84. The number of hydrogen-bond acceptors (Lipinski definition) is 4. The predicted molar refractivity (Wildman–Crippen MR) is 87.9 cm³/mol. The smallest absolute Gasteiger partial charge is 0.311 e. The van der Waals surface area contributed by atoms with E-state index in [-0.39, 0.29) is 36.9 Å². The molecule has 134 valence electrons. The van der Waals surface area contributed by atoms with Gasteiger partial charge in [0.2, 0.25) is 5.91 Å². The highest BCUT2D eigenvalue weighted by atomic mass is 16.5. The molecule has 1 saturated heterocycles. The summed E-state index contributed by atoms with van der Waals surface area (Å²) in [6.07, 6.45) is 5.58. The first-order valence-electron chi connectivity index (χ1n) is 9.21. The lowest BCUT2D eigenvalue weighted by molar-refractivity contribution is -0.152. The lowest BCUT2D eigenvalue weighted by Crippen LogP contribution is -2.45.